The minimum Gasteiger partial charge on any atom is -0.465 e. The maximum absolute atomic E-state index is 12.9. The molecule has 0 aliphatic heterocycles. The first kappa shape index (κ1) is 29.0. The first-order valence-electron chi connectivity index (χ1n) is 13.9. The number of esters is 2. The van der Waals surface area contributed by atoms with Crippen LogP contribution < -0.4 is 0 Å². The maximum atomic E-state index is 12.9. The zero-order valence-electron chi connectivity index (χ0n) is 21.6. The third-order valence-corrected chi connectivity index (χ3v) is 7.18. The van der Waals surface area contributed by atoms with E-state index < -0.39 is 5.41 Å². The molecule has 0 heterocycles. The van der Waals surface area contributed by atoms with Crippen LogP contribution in [0.4, 0.5) is 0 Å². The third kappa shape index (κ3) is 11.7. The van der Waals surface area contributed by atoms with E-state index in [0.29, 0.717) is 13.2 Å². The van der Waals surface area contributed by atoms with Crippen molar-refractivity contribution < 1.29 is 19.1 Å². The maximum Gasteiger partial charge on any atom is 0.312 e. The van der Waals surface area contributed by atoms with Gasteiger partial charge < -0.3 is 9.47 Å². The Kier molecular flexibility index (Phi) is 16.6. The second kappa shape index (κ2) is 18.4. The Morgan fingerprint density at radius 1 is 0.688 bits per heavy atom. The average Bonchev–Trinajstić information content (AvgIpc) is 2.79. The normalized spacial score (nSPS) is 20.8. The molecule has 4 nitrogen and oxygen atoms in total. The van der Waals surface area contributed by atoms with Crippen LogP contribution in [0.5, 0.6) is 0 Å². The molecule has 0 aromatic rings. The molecule has 1 aliphatic rings. The van der Waals surface area contributed by atoms with Crippen molar-refractivity contribution in [2.24, 2.45) is 11.3 Å². The minimum absolute atomic E-state index is 0.192. The highest BCUT2D eigenvalue weighted by Crippen LogP contribution is 2.43. The largest absolute Gasteiger partial charge is 0.465 e. The summed E-state index contributed by atoms with van der Waals surface area (Å²) < 4.78 is 11.3. The Morgan fingerprint density at radius 3 is 1.69 bits per heavy atom. The molecule has 1 aliphatic carbocycles. The number of hydrogen-bond acceptors (Lipinski definition) is 4. The zero-order valence-corrected chi connectivity index (χ0v) is 21.6. The van der Waals surface area contributed by atoms with Crippen LogP contribution in [0.15, 0.2) is 0 Å². The van der Waals surface area contributed by atoms with Gasteiger partial charge in [-0.1, -0.05) is 110 Å². The summed E-state index contributed by atoms with van der Waals surface area (Å²) in [6.45, 7) is 7.34. The van der Waals surface area contributed by atoms with E-state index in [1.54, 1.807) is 0 Å². The van der Waals surface area contributed by atoms with E-state index in [1.165, 1.54) is 70.6 Å². The van der Waals surface area contributed by atoms with Crippen molar-refractivity contribution >= 4 is 11.9 Å². The van der Waals surface area contributed by atoms with Gasteiger partial charge in [-0.2, -0.15) is 0 Å². The van der Waals surface area contributed by atoms with E-state index in [1.807, 2.05) is 6.92 Å². The summed E-state index contributed by atoms with van der Waals surface area (Å²) in [4.78, 5) is 25.7. The van der Waals surface area contributed by atoms with Crippen LogP contribution in [-0.4, -0.2) is 25.2 Å². The first-order chi connectivity index (χ1) is 15.6. The van der Waals surface area contributed by atoms with Gasteiger partial charge in [-0.05, 0) is 32.6 Å². The summed E-state index contributed by atoms with van der Waals surface area (Å²) in [7, 11) is 0. The molecule has 0 spiro atoms. The molecule has 188 valence electrons. The number of carbonyl (C=O) groups is 2. The number of unbranched alkanes of at least 4 members (excludes halogenated alkanes) is 13. The van der Waals surface area contributed by atoms with Gasteiger partial charge in [0.1, 0.15) is 0 Å². The van der Waals surface area contributed by atoms with E-state index in [4.69, 9.17) is 9.47 Å². The summed E-state index contributed by atoms with van der Waals surface area (Å²) in [6, 6.07) is 0. The predicted molar refractivity (Wildman–Crippen MR) is 133 cm³/mol. The molecule has 0 saturated heterocycles. The monoisotopic (exact) mass is 452 g/mol. The van der Waals surface area contributed by atoms with Gasteiger partial charge in [0.05, 0.1) is 24.5 Å². The second-order valence-electron chi connectivity index (χ2n) is 10.1. The summed E-state index contributed by atoms with van der Waals surface area (Å²) >= 11 is 0. The molecule has 0 amide bonds. The molecule has 0 N–H and O–H groups in total. The van der Waals surface area contributed by atoms with Gasteiger partial charge in [0.2, 0.25) is 0 Å². The fourth-order valence-corrected chi connectivity index (χ4v) is 4.85. The Bertz CT molecular complexity index is 490. The molecule has 2 unspecified atom stereocenters. The van der Waals surface area contributed by atoms with Gasteiger partial charge in [0, 0.05) is 0 Å². The van der Waals surface area contributed by atoms with Crippen LogP contribution >= 0.6 is 0 Å². The quantitative estimate of drug-likeness (QED) is 0.146. The summed E-state index contributed by atoms with van der Waals surface area (Å²) in [5.41, 5.74) is -0.726. The molecule has 0 radical (unpaired) electrons. The summed E-state index contributed by atoms with van der Waals surface area (Å²) in [6.07, 6.45) is 21.6. The van der Waals surface area contributed by atoms with Crippen molar-refractivity contribution in [2.75, 3.05) is 13.2 Å². The molecule has 0 aromatic carbocycles. The van der Waals surface area contributed by atoms with Crippen LogP contribution in [0.25, 0.3) is 0 Å². The molecular formula is C28H52O4. The molecule has 1 rings (SSSR count). The minimum atomic E-state index is -0.726. The highest BCUT2D eigenvalue weighted by Gasteiger charge is 2.48. The van der Waals surface area contributed by atoms with Crippen molar-refractivity contribution in [1.82, 2.24) is 0 Å². The molecular weight excluding hydrogens is 400 g/mol. The Hall–Kier alpha value is -1.06. The molecule has 32 heavy (non-hydrogen) atoms. The first-order valence-corrected chi connectivity index (χ1v) is 13.9. The highest BCUT2D eigenvalue weighted by atomic mass is 16.5. The number of hydrogen-bond donors (Lipinski definition) is 0. The third-order valence-electron chi connectivity index (χ3n) is 7.18. The molecule has 0 bridgehead atoms. The van der Waals surface area contributed by atoms with Gasteiger partial charge in [-0.15, -0.1) is 0 Å². The number of rotatable bonds is 19. The molecule has 1 fully saturated rings. The van der Waals surface area contributed by atoms with Crippen LogP contribution in [0, 0.1) is 11.3 Å². The van der Waals surface area contributed by atoms with E-state index in [-0.39, 0.29) is 17.9 Å². The van der Waals surface area contributed by atoms with Crippen LogP contribution in [-0.2, 0) is 19.1 Å². The fraction of sp³-hybridized carbons (Fsp3) is 0.929. The zero-order chi connectivity index (χ0) is 23.5. The van der Waals surface area contributed by atoms with E-state index in [2.05, 4.69) is 13.8 Å². The Labute approximate surface area is 198 Å². The molecule has 1 saturated carbocycles. The molecule has 0 aromatic heterocycles. The van der Waals surface area contributed by atoms with Crippen molar-refractivity contribution in [3.05, 3.63) is 0 Å². The van der Waals surface area contributed by atoms with Crippen molar-refractivity contribution in [3.8, 4) is 0 Å². The van der Waals surface area contributed by atoms with Crippen LogP contribution in [0.2, 0.25) is 0 Å². The van der Waals surface area contributed by atoms with Crippen molar-refractivity contribution in [3.63, 3.8) is 0 Å². The number of ether oxygens (including phenoxy) is 2. The molecule has 4 heteroatoms. The lowest BCUT2D eigenvalue weighted by Crippen LogP contribution is -2.44. The lowest BCUT2D eigenvalue weighted by Gasteiger charge is -2.37. The van der Waals surface area contributed by atoms with E-state index in [9.17, 15) is 9.59 Å². The van der Waals surface area contributed by atoms with E-state index >= 15 is 0 Å². The van der Waals surface area contributed by atoms with Crippen molar-refractivity contribution in [2.45, 2.75) is 143 Å². The smallest absolute Gasteiger partial charge is 0.312 e. The Morgan fingerprint density at radius 2 is 1.16 bits per heavy atom. The SMILES string of the molecule is CCCCCCCCCCOC(=O)C1CCCCC1(C)C(=O)OCCCCCCCCC. The summed E-state index contributed by atoms with van der Waals surface area (Å²) in [5, 5.41) is 0. The predicted octanol–water partition coefficient (Wildman–Crippen LogP) is 8.16. The van der Waals surface area contributed by atoms with Crippen molar-refractivity contribution in [1.29, 1.82) is 0 Å². The number of carbonyl (C=O) groups excluding carboxylic acids is 2. The average molecular weight is 453 g/mol. The Balaban J connectivity index is 2.27. The lowest BCUT2D eigenvalue weighted by molar-refractivity contribution is -0.172. The topological polar surface area (TPSA) is 52.6 Å². The lowest BCUT2D eigenvalue weighted by atomic mass is 9.67. The van der Waals surface area contributed by atoms with Crippen LogP contribution in [0.1, 0.15) is 143 Å². The molecule has 2 atom stereocenters. The van der Waals surface area contributed by atoms with Crippen LogP contribution in [0.3, 0.4) is 0 Å². The standard InChI is InChI=1S/C28H52O4/c1-4-6-8-10-12-14-15-19-23-31-26(29)25-21-17-18-22-28(25,3)27(30)32-24-20-16-13-11-9-7-5-2/h25H,4-24H2,1-3H3. The van der Waals surface area contributed by atoms with Gasteiger partial charge in [0.15, 0.2) is 0 Å². The van der Waals surface area contributed by atoms with Gasteiger partial charge >= 0.3 is 11.9 Å². The van der Waals surface area contributed by atoms with Gasteiger partial charge in [-0.3, -0.25) is 9.59 Å². The highest BCUT2D eigenvalue weighted by molar-refractivity contribution is 5.85. The van der Waals surface area contributed by atoms with Gasteiger partial charge in [-0.25, -0.2) is 0 Å². The second-order valence-corrected chi connectivity index (χ2v) is 10.1. The fourth-order valence-electron chi connectivity index (χ4n) is 4.85. The summed E-state index contributed by atoms with van der Waals surface area (Å²) in [5.74, 6) is -0.743. The van der Waals surface area contributed by atoms with E-state index in [0.717, 1.165) is 51.4 Å². The van der Waals surface area contributed by atoms with Gasteiger partial charge in [0.25, 0.3) is 0 Å².